The van der Waals surface area contributed by atoms with E-state index >= 15 is 0 Å². The molecule has 1 aromatic heterocycles. The average Bonchev–Trinajstić information content (AvgIpc) is 3.64. The average molecular weight is 644 g/mol. The summed E-state index contributed by atoms with van der Waals surface area (Å²) in [4.78, 5) is 2.55. The summed E-state index contributed by atoms with van der Waals surface area (Å²) >= 11 is 1.87. The summed E-state index contributed by atoms with van der Waals surface area (Å²) in [7, 11) is 0. The first-order chi connectivity index (χ1) is 24.1. The van der Waals surface area contributed by atoms with Gasteiger partial charge in [-0.05, 0) is 85.8 Å². The minimum absolute atomic E-state index is 0.115. The summed E-state index contributed by atoms with van der Waals surface area (Å²) < 4.78 is 2.60. The monoisotopic (exact) mass is 643 g/mol. The lowest BCUT2D eigenvalue weighted by atomic mass is 9.82. The summed E-state index contributed by atoms with van der Waals surface area (Å²) in [5.41, 5.74) is 11.3. The first-order valence-corrected chi connectivity index (χ1v) is 17.8. The predicted octanol–water partition coefficient (Wildman–Crippen LogP) is 13.8. The Kier molecular flexibility index (Phi) is 6.16. The highest BCUT2D eigenvalue weighted by Gasteiger charge is 2.36. The van der Waals surface area contributed by atoms with Gasteiger partial charge in [-0.15, -0.1) is 11.3 Å². The number of hydrogen-bond acceptors (Lipinski definition) is 2. The molecule has 1 aliphatic rings. The van der Waals surface area contributed by atoms with Crippen LogP contribution in [-0.4, -0.2) is 0 Å². The molecule has 0 amide bonds. The van der Waals surface area contributed by atoms with Crippen LogP contribution in [0.2, 0.25) is 0 Å². The van der Waals surface area contributed by atoms with Gasteiger partial charge in [-0.25, -0.2) is 0 Å². The molecule has 0 saturated carbocycles. The molecule has 0 radical (unpaired) electrons. The van der Waals surface area contributed by atoms with Crippen molar-refractivity contribution in [2.75, 3.05) is 4.90 Å². The standard InChI is InChI=1S/C47H33NS/c1-47(2)39-21-9-7-18-35(39)36-27-26-32(29-40(36)47)48(41-22-12-24-44-46(41)38-19-8-10-23-43(38)49-44)42-28-25-31-14-4-6-17-34(31)45(42)37-20-11-15-30-13-3-5-16-33(30)37/h3-29H,1-2H3. The van der Waals surface area contributed by atoms with Gasteiger partial charge in [0.15, 0.2) is 0 Å². The Morgan fingerprint density at radius 2 is 1.08 bits per heavy atom. The lowest BCUT2D eigenvalue weighted by Crippen LogP contribution is -2.17. The Hall–Kier alpha value is -5.70. The first kappa shape index (κ1) is 28.3. The zero-order valence-electron chi connectivity index (χ0n) is 27.4. The summed E-state index contributed by atoms with van der Waals surface area (Å²) in [6.45, 7) is 4.74. The summed E-state index contributed by atoms with van der Waals surface area (Å²) in [6, 6.07) is 60.7. The van der Waals surface area contributed by atoms with Gasteiger partial charge in [0.25, 0.3) is 0 Å². The Bertz CT molecular complexity index is 2760. The van der Waals surface area contributed by atoms with Crippen LogP contribution in [0.4, 0.5) is 17.1 Å². The molecular weight excluding hydrogens is 611 g/mol. The topological polar surface area (TPSA) is 3.24 Å². The van der Waals surface area contributed by atoms with Crippen LogP contribution in [0.3, 0.4) is 0 Å². The maximum atomic E-state index is 2.55. The molecule has 9 aromatic rings. The molecule has 0 saturated heterocycles. The zero-order valence-corrected chi connectivity index (χ0v) is 28.3. The van der Waals surface area contributed by atoms with Gasteiger partial charge < -0.3 is 4.90 Å². The number of fused-ring (bicyclic) bond motifs is 8. The minimum atomic E-state index is -0.115. The van der Waals surface area contributed by atoms with Crippen LogP contribution in [0.15, 0.2) is 164 Å². The molecule has 1 heterocycles. The number of nitrogens with zero attached hydrogens (tertiary/aromatic N) is 1. The van der Waals surface area contributed by atoms with Crippen LogP contribution < -0.4 is 4.90 Å². The van der Waals surface area contributed by atoms with Gasteiger partial charge in [0.05, 0.1) is 11.4 Å². The van der Waals surface area contributed by atoms with Crippen molar-refractivity contribution in [1.82, 2.24) is 0 Å². The van der Waals surface area contributed by atoms with Crippen molar-refractivity contribution in [3.63, 3.8) is 0 Å². The second-order valence-electron chi connectivity index (χ2n) is 13.7. The highest BCUT2D eigenvalue weighted by molar-refractivity contribution is 7.26. The highest BCUT2D eigenvalue weighted by Crippen LogP contribution is 2.53. The van der Waals surface area contributed by atoms with Gasteiger partial charge in [0.2, 0.25) is 0 Å². The second-order valence-corrected chi connectivity index (χ2v) is 14.8. The van der Waals surface area contributed by atoms with E-state index in [1.807, 2.05) is 11.3 Å². The fourth-order valence-corrected chi connectivity index (χ4v) is 9.48. The largest absolute Gasteiger partial charge is 0.309 e. The Morgan fingerprint density at radius 3 is 1.96 bits per heavy atom. The number of anilines is 3. The van der Waals surface area contributed by atoms with Gasteiger partial charge in [0, 0.05) is 36.8 Å². The van der Waals surface area contributed by atoms with Crippen molar-refractivity contribution < 1.29 is 0 Å². The van der Waals surface area contributed by atoms with Crippen LogP contribution in [0.1, 0.15) is 25.0 Å². The van der Waals surface area contributed by atoms with Crippen molar-refractivity contribution in [3.05, 3.63) is 175 Å². The molecule has 1 nitrogen and oxygen atoms in total. The van der Waals surface area contributed by atoms with Crippen molar-refractivity contribution in [3.8, 4) is 22.3 Å². The molecule has 2 heteroatoms. The Labute approximate surface area is 290 Å². The smallest absolute Gasteiger partial charge is 0.0555 e. The van der Waals surface area contributed by atoms with E-state index in [-0.39, 0.29) is 5.41 Å². The molecule has 0 spiro atoms. The van der Waals surface area contributed by atoms with Crippen molar-refractivity contribution in [1.29, 1.82) is 0 Å². The predicted molar refractivity (Wildman–Crippen MR) is 212 cm³/mol. The van der Waals surface area contributed by atoms with Gasteiger partial charge in [0.1, 0.15) is 0 Å². The molecule has 232 valence electrons. The van der Waals surface area contributed by atoms with E-state index in [1.54, 1.807) is 0 Å². The van der Waals surface area contributed by atoms with Crippen LogP contribution in [-0.2, 0) is 5.41 Å². The molecule has 0 fully saturated rings. The third-order valence-corrected chi connectivity index (χ3v) is 11.8. The molecular formula is C47H33NS. The van der Waals surface area contributed by atoms with E-state index in [0.29, 0.717) is 0 Å². The normalized spacial score (nSPS) is 13.3. The Balaban J connectivity index is 1.34. The first-order valence-electron chi connectivity index (χ1n) is 17.0. The van der Waals surface area contributed by atoms with Crippen molar-refractivity contribution >= 4 is 70.1 Å². The molecule has 8 aromatic carbocycles. The fraction of sp³-hybridized carbons (Fsp3) is 0.0638. The lowest BCUT2D eigenvalue weighted by Gasteiger charge is -2.31. The van der Waals surface area contributed by atoms with E-state index < -0.39 is 0 Å². The van der Waals surface area contributed by atoms with Gasteiger partial charge in [-0.1, -0.05) is 141 Å². The zero-order chi connectivity index (χ0) is 32.7. The van der Waals surface area contributed by atoms with Gasteiger partial charge in [-0.3, -0.25) is 0 Å². The molecule has 49 heavy (non-hydrogen) atoms. The third kappa shape index (κ3) is 4.17. The van der Waals surface area contributed by atoms with E-state index in [0.717, 1.165) is 0 Å². The molecule has 1 aliphatic carbocycles. The van der Waals surface area contributed by atoms with Crippen LogP contribution in [0.25, 0.3) is 64.0 Å². The van der Waals surface area contributed by atoms with E-state index in [2.05, 4.69) is 183 Å². The second kappa shape index (κ2) is 10.7. The highest BCUT2D eigenvalue weighted by atomic mass is 32.1. The van der Waals surface area contributed by atoms with Crippen LogP contribution >= 0.6 is 11.3 Å². The minimum Gasteiger partial charge on any atom is -0.309 e. The van der Waals surface area contributed by atoms with Crippen molar-refractivity contribution in [2.45, 2.75) is 19.3 Å². The third-order valence-electron chi connectivity index (χ3n) is 10.7. The fourth-order valence-electron chi connectivity index (χ4n) is 8.35. The number of thiophene rings is 1. The number of hydrogen-bond donors (Lipinski definition) is 0. The molecule has 0 bridgehead atoms. The quantitative estimate of drug-likeness (QED) is 0.184. The molecule has 0 unspecified atom stereocenters. The molecule has 0 atom stereocenters. The molecule has 10 rings (SSSR count). The molecule has 0 aliphatic heterocycles. The van der Waals surface area contributed by atoms with E-state index in [9.17, 15) is 0 Å². The van der Waals surface area contributed by atoms with E-state index in [1.165, 1.54) is 92.2 Å². The number of benzene rings is 8. The van der Waals surface area contributed by atoms with Gasteiger partial charge in [-0.2, -0.15) is 0 Å². The Morgan fingerprint density at radius 1 is 0.449 bits per heavy atom. The van der Waals surface area contributed by atoms with Crippen LogP contribution in [0, 0.1) is 0 Å². The summed E-state index contributed by atoms with van der Waals surface area (Å²) in [5.74, 6) is 0. The SMILES string of the molecule is CC1(C)c2ccccc2-c2ccc(N(c3ccc4ccccc4c3-c3cccc4ccccc34)c3cccc4sc5ccccc5c34)cc21. The van der Waals surface area contributed by atoms with E-state index in [4.69, 9.17) is 0 Å². The van der Waals surface area contributed by atoms with Gasteiger partial charge >= 0.3 is 0 Å². The maximum absolute atomic E-state index is 2.55. The van der Waals surface area contributed by atoms with Crippen molar-refractivity contribution in [2.24, 2.45) is 0 Å². The number of rotatable bonds is 4. The van der Waals surface area contributed by atoms with Crippen LogP contribution in [0.5, 0.6) is 0 Å². The molecule has 0 N–H and O–H groups in total. The lowest BCUT2D eigenvalue weighted by molar-refractivity contribution is 0.660. The summed E-state index contributed by atoms with van der Waals surface area (Å²) in [5, 5.41) is 7.57. The maximum Gasteiger partial charge on any atom is 0.0555 e. The summed E-state index contributed by atoms with van der Waals surface area (Å²) in [6.07, 6.45) is 0.